The number of hydrogen-bond acceptors (Lipinski definition) is 5. The second kappa shape index (κ2) is 9.07. The van der Waals surface area contributed by atoms with E-state index in [1.54, 1.807) is 7.11 Å². The van der Waals surface area contributed by atoms with Gasteiger partial charge in [-0.2, -0.15) is 9.78 Å². The number of benzene rings is 2. The van der Waals surface area contributed by atoms with Gasteiger partial charge in [0.25, 0.3) is 0 Å². The highest BCUT2D eigenvalue weighted by molar-refractivity contribution is 5.70. The van der Waals surface area contributed by atoms with Crippen LogP contribution in [0.15, 0.2) is 48.5 Å². The third-order valence-electron chi connectivity index (χ3n) is 5.33. The molecule has 31 heavy (non-hydrogen) atoms. The molecule has 0 unspecified atom stereocenters. The fourth-order valence-electron chi connectivity index (χ4n) is 3.87. The number of hydrogen-bond donors (Lipinski definition) is 0. The Morgan fingerprint density at radius 1 is 1.06 bits per heavy atom. The van der Waals surface area contributed by atoms with Crippen molar-refractivity contribution >= 4 is 5.65 Å². The summed E-state index contributed by atoms with van der Waals surface area (Å²) >= 11 is 0. The number of methoxy groups -OCH3 is 1. The molecule has 0 aliphatic heterocycles. The van der Waals surface area contributed by atoms with E-state index in [2.05, 4.69) is 42.4 Å². The molecule has 0 amide bonds. The minimum Gasteiger partial charge on any atom is -0.377 e. The zero-order chi connectivity index (χ0) is 21.8. The standard InChI is InChI=1S/C25H25N5O/c1-4-7-23-22(25-28-24(16-31-3)29-30(25)17(2)27-23)14-18-10-12-19(13-11-18)21-9-6-5-8-20(21)15-26/h5-6,8-13H,4,7,14,16H2,1-3H3. The van der Waals surface area contributed by atoms with Crippen LogP contribution in [0.2, 0.25) is 0 Å². The highest BCUT2D eigenvalue weighted by Gasteiger charge is 2.17. The molecule has 0 saturated carbocycles. The maximum Gasteiger partial charge on any atom is 0.177 e. The Bertz CT molecular complexity index is 1250. The molecule has 4 rings (SSSR count). The van der Waals surface area contributed by atoms with Crippen molar-refractivity contribution in [3.8, 4) is 17.2 Å². The zero-order valence-corrected chi connectivity index (χ0v) is 18.1. The Labute approximate surface area is 182 Å². The van der Waals surface area contributed by atoms with Gasteiger partial charge in [0.15, 0.2) is 11.5 Å². The fourth-order valence-corrected chi connectivity index (χ4v) is 3.87. The molecule has 0 atom stereocenters. The predicted octanol–water partition coefficient (Wildman–Crippen LogP) is 4.66. The normalized spacial score (nSPS) is 11.0. The van der Waals surface area contributed by atoms with Crippen molar-refractivity contribution in [2.45, 2.75) is 39.7 Å². The van der Waals surface area contributed by atoms with E-state index in [9.17, 15) is 5.26 Å². The summed E-state index contributed by atoms with van der Waals surface area (Å²) in [6.07, 6.45) is 2.63. The molecule has 6 nitrogen and oxygen atoms in total. The molecular formula is C25H25N5O. The summed E-state index contributed by atoms with van der Waals surface area (Å²) < 4.78 is 7.05. The molecule has 0 aliphatic carbocycles. The quantitative estimate of drug-likeness (QED) is 0.442. The summed E-state index contributed by atoms with van der Waals surface area (Å²) in [5, 5.41) is 14.0. The zero-order valence-electron chi connectivity index (χ0n) is 18.1. The molecule has 0 bridgehead atoms. The first-order chi connectivity index (χ1) is 15.1. The number of rotatable bonds is 7. The van der Waals surface area contributed by atoms with Crippen LogP contribution < -0.4 is 0 Å². The van der Waals surface area contributed by atoms with Crippen LogP contribution in [0.25, 0.3) is 16.8 Å². The van der Waals surface area contributed by atoms with Crippen LogP contribution >= 0.6 is 0 Å². The Balaban J connectivity index is 1.73. The highest BCUT2D eigenvalue weighted by atomic mass is 16.5. The van der Waals surface area contributed by atoms with E-state index >= 15 is 0 Å². The minimum atomic E-state index is 0.372. The predicted molar refractivity (Wildman–Crippen MR) is 120 cm³/mol. The van der Waals surface area contributed by atoms with Crippen LogP contribution in [0.3, 0.4) is 0 Å². The molecule has 0 aliphatic rings. The monoisotopic (exact) mass is 411 g/mol. The molecule has 6 heteroatoms. The van der Waals surface area contributed by atoms with Crippen molar-refractivity contribution in [2.24, 2.45) is 0 Å². The molecule has 0 saturated heterocycles. The van der Waals surface area contributed by atoms with Crippen LogP contribution in [0.4, 0.5) is 0 Å². The molecule has 0 fully saturated rings. The van der Waals surface area contributed by atoms with Gasteiger partial charge >= 0.3 is 0 Å². The lowest BCUT2D eigenvalue weighted by atomic mass is 9.97. The van der Waals surface area contributed by atoms with Crippen LogP contribution in [-0.4, -0.2) is 26.7 Å². The molecule has 156 valence electrons. The Morgan fingerprint density at radius 2 is 1.84 bits per heavy atom. The van der Waals surface area contributed by atoms with E-state index in [-0.39, 0.29) is 0 Å². The first kappa shape index (κ1) is 20.7. The molecule has 0 N–H and O–H groups in total. The first-order valence-corrected chi connectivity index (χ1v) is 10.5. The summed E-state index contributed by atoms with van der Waals surface area (Å²) in [6, 6.07) is 18.3. The van der Waals surface area contributed by atoms with Crippen LogP contribution in [0.1, 0.15) is 47.4 Å². The van der Waals surface area contributed by atoms with Crippen molar-refractivity contribution in [1.82, 2.24) is 19.6 Å². The lowest BCUT2D eigenvalue weighted by Gasteiger charge is -2.12. The molecule has 2 heterocycles. The molecule has 4 aromatic rings. The van der Waals surface area contributed by atoms with E-state index in [4.69, 9.17) is 14.7 Å². The summed E-state index contributed by atoms with van der Waals surface area (Å²) in [5.74, 6) is 1.49. The maximum atomic E-state index is 9.39. The third-order valence-corrected chi connectivity index (χ3v) is 5.33. The second-order valence-electron chi connectivity index (χ2n) is 7.56. The lowest BCUT2D eigenvalue weighted by molar-refractivity contribution is 0.178. The van der Waals surface area contributed by atoms with Crippen LogP contribution in [0, 0.1) is 18.3 Å². The van der Waals surface area contributed by atoms with Gasteiger partial charge in [0.2, 0.25) is 0 Å². The number of nitriles is 1. The second-order valence-corrected chi connectivity index (χ2v) is 7.56. The summed E-state index contributed by atoms with van der Waals surface area (Å²) in [4.78, 5) is 9.57. The summed E-state index contributed by atoms with van der Waals surface area (Å²) in [5.41, 5.74) is 6.85. The molecule has 2 aromatic heterocycles. The average Bonchev–Trinajstić information content (AvgIpc) is 3.22. The summed E-state index contributed by atoms with van der Waals surface area (Å²) in [7, 11) is 1.65. The Morgan fingerprint density at radius 3 is 2.55 bits per heavy atom. The highest BCUT2D eigenvalue weighted by Crippen LogP contribution is 2.26. The van der Waals surface area contributed by atoms with Crippen molar-refractivity contribution in [3.63, 3.8) is 0 Å². The van der Waals surface area contributed by atoms with Crippen molar-refractivity contribution in [2.75, 3.05) is 7.11 Å². The van der Waals surface area contributed by atoms with Gasteiger partial charge in [-0.25, -0.2) is 9.97 Å². The van der Waals surface area contributed by atoms with Gasteiger partial charge in [-0.15, -0.1) is 5.10 Å². The number of aryl methyl sites for hydroxylation is 2. The van der Waals surface area contributed by atoms with Crippen molar-refractivity contribution in [3.05, 3.63) is 82.6 Å². The topological polar surface area (TPSA) is 76.1 Å². The van der Waals surface area contributed by atoms with Gasteiger partial charge in [0.1, 0.15) is 12.4 Å². The maximum absolute atomic E-state index is 9.39. The number of nitrogens with zero attached hydrogens (tertiary/aromatic N) is 5. The average molecular weight is 412 g/mol. The van der Waals surface area contributed by atoms with E-state index < -0.39 is 0 Å². The van der Waals surface area contributed by atoms with Crippen LogP contribution in [-0.2, 0) is 24.2 Å². The van der Waals surface area contributed by atoms with Crippen molar-refractivity contribution < 1.29 is 4.74 Å². The van der Waals surface area contributed by atoms with E-state index in [1.165, 1.54) is 5.56 Å². The van der Waals surface area contributed by atoms with Gasteiger partial charge in [-0.1, -0.05) is 55.8 Å². The molecule has 0 spiro atoms. The van der Waals surface area contributed by atoms with Gasteiger partial charge in [-0.05, 0) is 36.1 Å². The first-order valence-electron chi connectivity index (χ1n) is 10.5. The fraction of sp³-hybridized carbons (Fsp3) is 0.280. The Kier molecular flexibility index (Phi) is 6.06. The van der Waals surface area contributed by atoms with Gasteiger partial charge in [0.05, 0.1) is 11.6 Å². The number of aromatic nitrogens is 4. The van der Waals surface area contributed by atoms with Crippen molar-refractivity contribution in [1.29, 1.82) is 5.26 Å². The van der Waals surface area contributed by atoms with E-state index in [1.807, 2.05) is 35.7 Å². The molecule has 2 aromatic carbocycles. The van der Waals surface area contributed by atoms with E-state index in [0.717, 1.165) is 53.1 Å². The summed E-state index contributed by atoms with van der Waals surface area (Å²) in [6.45, 7) is 4.49. The largest absolute Gasteiger partial charge is 0.377 e. The lowest BCUT2D eigenvalue weighted by Crippen LogP contribution is -2.08. The number of ether oxygens (including phenoxy) is 1. The SMILES string of the molecule is CCCc1nc(C)n2nc(COC)nc2c1Cc1ccc(-c2ccccc2C#N)cc1. The van der Waals surface area contributed by atoms with Crippen LogP contribution in [0.5, 0.6) is 0 Å². The van der Waals surface area contributed by atoms with E-state index in [0.29, 0.717) is 18.0 Å². The molecular weight excluding hydrogens is 386 g/mol. The third kappa shape index (κ3) is 4.18. The smallest absolute Gasteiger partial charge is 0.177 e. The van der Waals surface area contributed by atoms with Gasteiger partial charge in [-0.3, -0.25) is 0 Å². The minimum absolute atomic E-state index is 0.372. The Hall–Kier alpha value is -3.56. The molecule has 0 radical (unpaired) electrons. The number of fused-ring (bicyclic) bond motifs is 1. The van der Waals surface area contributed by atoms with Gasteiger partial charge in [0, 0.05) is 24.8 Å². The van der Waals surface area contributed by atoms with Gasteiger partial charge < -0.3 is 4.74 Å².